The monoisotopic (exact) mass is 269 g/mol. The van der Waals surface area contributed by atoms with E-state index in [-0.39, 0.29) is 0 Å². The Morgan fingerprint density at radius 2 is 2.00 bits per heavy atom. The Hall–Kier alpha value is -0.770. The summed E-state index contributed by atoms with van der Waals surface area (Å²) in [5.41, 5.74) is 2.00. The van der Waals surface area contributed by atoms with Crippen LogP contribution in [0, 0.1) is 13.8 Å². The molecule has 1 aliphatic carbocycles. The van der Waals surface area contributed by atoms with Gasteiger partial charge in [-0.15, -0.1) is 0 Å². The van der Waals surface area contributed by atoms with Crippen molar-refractivity contribution < 1.29 is 9.84 Å². The van der Waals surface area contributed by atoms with Crippen LogP contribution in [0.2, 0.25) is 5.02 Å². The maximum atomic E-state index is 9.81. The molecule has 2 N–H and O–H groups in total. The Morgan fingerprint density at radius 3 is 2.56 bits per heavy atom. The average Bonchev–Trinajstić information content (AvgIpc) is 3.08. The Balaban J connectivity index is 1.84. The van der Waals surface area contributed by atoms with Gasteiger partial charge in [-0.2, -0.15) is 0 Å². The summed E-state index contributed by atoms with van der Waals surface area (Å²) >= 11 is 5.96. The summed E-state index contributed by atoms with van der Waals surface area (Å²) < 4.78 is 5.69. The first kappa shape index (κ1) is 13.7. The van der Waals surface area contributed by atoms with E-state index in [0.717, 1.165) is 16.9 Å². The molecule has 1 aromatic carbocycles. The molecule has 1 saturated carbocycles. The summed E-state index contributed by atoms with van der Waals surface area (Å²) in [6.07, 6.45) is 1.98. The number of aryl methyl sites for hydroxylation is 2. The highest BCUT2D eigenvalue weighted by Crippen LogP contribution is 2.27. The van der Waals surface area contributed by atoms with Gasteiger partial charge in [0.25, 0.3) is 0 Å². The van der Waals surface area contributed by atoms with Gasteiger partial charge in [0.15, 0.2) is 0 Å². The fourth-order valence-corrected chi connectivity index (χ4v) is 2.28. The second kappa shape index (κ2) is 5.91. The standard InChI is InChI=1S/C14H20ClNO2/c1-9-5-11(15)6-10(2)14(9)18-8-13(17)7-16-12-3-4-12/h5-6,12-13,16-17H,3-4,7-8H2,1-2H3. The predicted molar refractivity (Wildman–Crippen MR) is 73.5 cm³/mol. The minimum atomic E-state index is -0.472. The molecule has 1 aliphatic rings. The number of benzene rings is 1. The van der Waals surface area contributed by atoms with Crippen LogP contribution in [0.4, 0.5) is 0 Å². The minimum Gasteiger partial charge on any atom is -0.490 e. The van der Waals surface area contributed by atoms with Gasteiger partial charge in [-0.1, -0.05) is 11.6 Å². The van der Waals surface area contributed by atoms with Gasteiger partial charge in [0.1, 0.15) is 18.5 Å². The predicted octanol–water partition coefficient (Wildman–Crippen LogP) is 2.45. The lowest BCUT2D eigenvalue weighted by atomic mass is 10.1. The highest BCUT2D eigenvalue weighted by molar-refractivity contribution is 6.30. The molecule has 100 valence electrons. The van der Waals surface area contributed by atoms with Crippen molar-refractivity contribution in [1.29, 1.82) is 0 Å². The van der Waals surface area contributed by atoms with Crippen LogP contribution in [-0.2, 0) is 0 Å². The molecule has 0 heterocycles. The van der Waals surface area contributed by atoms with Gasteiger partial charge in [0.2, 0.25) is 0 Å². The Bertz CT molecular complexity index is 395. The van der Waals surface area contributed by atoms with E-state index in [4.69, 9.17) is 16.3 Å². The molecule has 0 spiro atoms. The summed E-state index contributed by atoms with van der Waals surface area (Å²) in [5, 5.41) is 13.8. The number of aliphatic hydroxyl groups is 1. The lowest BCUT2D eigenvalue weighted by molar-refractivity contribution is 0.105. The summed E-state index contributed by atoms with van der Waals surface area (Å²) in [6.45, 7) is 4.82. The summed E-state index contributed by atoms with van der Waals surface area (Å²) in [7, 11) is 0. The van der Waals surface area contributed by atoms with Gasteiger partial charge in [-0.05, 0) is 49.9 Å². The third kappa shape index (κ3) is 3.87. The SMILES string of the molecule is Cc1cc(Cl)cc(C)c1OCC(O)CNC1CC1. The number of hydrogen-bond acceptors (Lipinski definition) is 3. The first-order valence-electron chi connectivity index (χ1n) is 6.37. The van der Waals surface area contributed by atoms with Crippen LogP contribution in [0.3, 0.4) is 0 Å². The topological polar surface area (TPSA) is 41.5 Å². The smallest absolute Gasteiger partial charge is 0.125 e. The maximum absolute atomic E-state index is 9.81. The van der Waals surface area contributed by atoms with Crippen molar-refractivity contribution in [2.24, 2.45) is 0 Å². The van der Waals surface area contributed by atoms with E-state index >= 15 is 0 Å². The molecule has 1 aromatic rings. The summed E-state index contributed by atoms with van der Waals surface area (Å²) in [4.78, 5) is 0. The van der Waals surface area contributed by atoms with Crippen LogP contribution >= 0.6 is 11.6 Å². The molecule has 0 aromatic heterocycles. The van der Waals surface area contributed by atoms with Crippen LogP contribution in [0.5, 0.6) is 5.75 Å². The molecule has 3 nitrogen and oxygen atoms in total. The van der Waals surface area contributed by atoms with Crippen LogP contribution in [0.15, 0.2) is 12.1 Å². The number of halogens is 1. The average molecular weight is 270 g/mol. The van der Waals surface area contributed by atoms with Crippen LogP contribution in [0.1, 0.15) is 24.0 Å². The Morgan fingerprint density at radius 1 is 1.39 bits per heavy atom. The molecule has 0 aliphatic heterocycles. The van der Waals surface area contributed by atoms with Crippen molar-refractivity contribution in [2.45, 2.75) is 38.8 Å². The zero-order valence-electron chi connectivity index (χ0n) is 10.9. The minimum absolute atomic E-state index is 0.309. The van der Waals surface area contributed by atoms with E-state index in [1.54, 1.807) is 0 Å². The molecule has 0 saturated heterocycles. The highest BCUT2D eigenvalue weighted by atomic mass is 35.5. The van der Waals surface area contributed by atoms with Crippen LogP contribution in [0.25, 0.3) is 0 Å². The number of nitrogens with one attached hydrogen (secondary N) is 1. The number of aliphatic hydroxyl groups excluding tert-OH is 1. The first-order chi connectivity index (χ1) is 8.56. The van der Waals surface area contributed by atoms with Crippen molar-refractivity contribution in [3.63, 3.8) is 0 Å². The second-order valence-corrected chi connectivity index (χ2v) is 5.45. The normalized spacial score (nSPS) is 16.7. The van der Waals surface area contributed by atoms with Crippen molar-refractivity contribution >= 4 is 11.6 Å². The quantitative estimate of drug-likeness (QED) is 0.834. The highest BCUT2D eigenvalue weighted by Gasteiger charge is 2.21. The van der Waals surface area contributed by atoms with Crippen molar-refractivity contribution in [2.75, 3.05) is 13.2 Å². The Kier molecular flexibility index (Phi) is 4.49. The maximum Gasteiger partial charge on any atom is 0.125 e. The van der Waals surface area contributed by atoms with E-state index < -0.39 is 6.10 Å². The van der Waals surface area contributed by atoms with E-state index in [9.17, 15) is 5.11 Å². The van der Waals surface area contributed by atoms with Gasteiger partial charge in [0.05, 0.1) is 0 Å². The van der Waals surface area contributed by atoms with Crippen molar-refractivity contribution in [1.82, 2.24) is 5.32 Å². The van der Waals surface area contributed by atoms with E-state index in [1.807, 2.05) is 26.0 Å². The first-order valence-corrected chi connectivity index (χ1v) is 6.75. The zero-order chi connectivity index (χ0) is 13.1. The molecule has 0 radical (unpaired) electrons. The van der Waals surface area contributed by atoms with E-state index in [0.29, 0.717) is 24.2 Å². The number of rotatable bonds is 6. The molecule has 0 amide bonds. The molecule has 1 unspecified atom stereocenters. The van der Waals surface area contributed by atoms with E-state index in [2.05, 4.69) is 5.32 Å². The van der Waals surface area contributed by atoms with Crippen molar-refractivity contribution in [3.8, 4) is 5.75 Å². The lowest BCUT2D eigenvalue weighted by Crippen LogP contribution is -2.32. The number of ether oxygens (including phenoxy) is 1. The number of hydrogen-bond donors (Lipinski definition) is 2. The largest absolute Gasteiger partial charge is 0.490 e. The third-order valence-electron chi connectivity index (χ3n) is 3.06. The van der Waals surface area contributed by atoms with Crippen LogP contribution < -0.4 is 10.1 Å². The zero-order valence-corrected chi connectivity index (χ0v) is 11.6. The van der Waals surface area contributed by atoms with Gasteiger partial charge in [0, 0.05) is 17.6 Å². The van der Waals surface area contributed by atoms with Gasteiger partial charge >= 0.3 is 0 Å². The van der Waals surface area contributed by atoms with Gasteiger partial charge in [-0.3, -0.25) is 0 Å². The lowest BCUT2D eigenvalue weighted by Gasteiger charge is -2.16. The van der Waals surface area contributed by atoms with Crippen molar-refractivity contribution in [3.05, 3.63) is 28.3 Å². The van der Waals surface area contributed by atoms with Crippen LogP contribution in [-0.4, -0.2) is 30.4 Å². The fourth-order valence-electron chi connectivity index (χ4n) is 1.95. The third-order valence-corrected chi connectivity index (χ3v) is 3.28. The fraction of sp³-hybridized carbons (Fsp3) is 0.571. The summed E-state index contributed by atoms with van der Waals surface area (Å²) in [6, 6.07) is 4.36. The molecule has 18 heavy (non-hydrogen) atoms. The second-order valence-electron chi connectivity index (χ2n) is 5.02. The molecule has 0 bridgehead atoms. The molecular formula is C14H20ClNO2. The summed E-state index contributed by atoms with van der Waals surface area (Å²) in [5.74, 6) is 0.824. The molecule has 1 fully saturated rings. The van der Waals surface area contributed by atoms with E-state index in [1.165, 1.54) is 12.8 Å². The van der Waals surface area contributed by atoms with Gasteiger partial charge in [-0.25, -0.2) is 0 Å². The Labute approximate surface area is 113 Å². The molecule has 2 rings (SSSR count). The van der Waals surface area contributed by atoms with Gasteiger partial charge < -0.3 is 15.2 Å². The molecule has 1 atom stereocenters. The molecule has 4 heteroatoms. The molecular weight excluding hydrogens is 250 g/mol.